The highest BCUT2D eigenvalue weighted by Gasteiger charge is 2.08. The third-order valence-corrected chi connectivity index (χ3v) is 5.59. The number of anilines is 1. The van der Waals surface area contributed by atoms with Crippen molar-refractivity contribution in [2.24, 2.45) is 5.10 Å². The molecule has 162 valence electrons. The fourth-order valence-electron chi connectivity index (χ4n) is 3.31. The molecule has 0 unspecified atom stereocenters. The summed E-state index contributed by atoms with van der Waals surface area (Å²) in [5.41, 5.74) is 6.07. The molecular weight excluding hydrogens is 450 g/mol. The lowest BCUT2D eigenvalue weighted by molar-refractivity contribution is -0.119. The highest BCUT2D eigenvalue weighted by Crippen LogP contribution is 2.25. The van der Waals surface area contributed by atoms with Crippen LogP contribution in [-0.2, 0) is 11.3 Å². The van der Waals surface area contributed by atoms with Crippen molar-refractivity contribution in [1.82, 2.24) is 9.99 Å². The predicted molar refractivity (Wildman–Crippen MR) is 128 cm³/mol. The fraction of sp³-hybridized carbons (Fsp3) is 0.0833. The first-order chi connectivity index (χ1) is 15.5. The summed E-state index contributed by atoms with van der Waals surface area (Å²) in [6.07, 6.45) is 3.59. The Morgan fingerprint density at radius 3 is 2.59 bits per heavy atom. The number of hydrogen-bond donors (Lipinski definition) is 2. The summed E-state index contributed by atoms with van der Waals surface area (Å²) in [4.78, 5) is 12.1. The van der Waals surface area contributed by atoms with E-state index in [1.807, 2.05) is 42.6 Å². The summed E-state index contributed by atoms with van der Waals surface area (Å²) in [6.45, 7) is 0.626. The molecule has 2 N–H and O–H groups in total. The average molecular weight is 469 g/mol. The standard InChI is InChI=1S/C24H19Cl2FN4O/c25-21-10-5-16(11-22(21)26)14-31-15-17(20-3-1-2-4-23(20)31)12-29-30-24(32)13-28-19-8-6-18(27)7-9-19/h1-12,15,28H,13-14H2,(H,30,32)/b29-12-. The van der Waals surface area contributed by atoms with Gasteiger partial charge in [0.25, 0.3) is 5.91 Å². The minimum Gasteiger partial charge on any atom is -0.376 e. The van der Waals surface area contributed by atoms with Gasteiger partial charge in [-0.15, -0.1) is 0 Å². The number of amides is 1. The van der Waals surface area contributed by atoms with E-state index in [4.69, 9.17) is 23.2 Å². The number of aromatic nitrogens is 1. The number of benzene rings is 3. The smallest absolute Gasteiger partial charge is 0.259 e. The second kappa shape index (κ2) is 9.85. The Bertz CT molecular complexity index is 1290. The number of hydrazone groups is 1. The van der Waals surface area contributed by atoms with Gasteiger partial charge in [-0.3, -0.25) is 4.79 Å². The van der Waals surface area contributed by atoms with Crippen LogP contribution in [0.1, 0.15) is 11.1 Å². The second-order valence-electron chi connectivity index (χ2n) is 7.13. The number of nitrogens with one attached hydrogen (secondary N) is 2. The molecule has 3 aromatic carbocycles. The van der Waals surface area contributed by atoms with Crippen LogP contribution in [0.4, 0.5) is 10.1 Å². The van der Waals surface area contributed by atoms with E-state index in [9.17, 15) is 9.18 Å². The summed E-state index contributed by atoms with van der Waals surface area (Å²) in [7, 11) is 0. The Balaban J connectivity index is 1.44. The van der Waals surface area contributed by atoms with E-state index in [0.29, 0.717) is 22.3 Å². The third-order valence-electron chi connectivity index (χ3n) is 4.85. The number of fused-ring (bicyclic) bond motifs is 1. The van der Waals surface area contributed by atoms with E-state index < -0.39 is 0 Å². The van der Waals surface area contributed by atoms with E-state index in [-0.39, 0.29) is 18.3 Å². The van der Waals surface area contributed by atoms with Crippen LogP contribution in [0.15, 0.2) is 78.0 Å². The van der Waals surface area contributed by atoms with Crippen LogP contribution in [-0.4, -0.2) is 23.2 Å². The normalized spacial score (nSPS) is 11.2. The molecule has 0 bridgehead atoms. The van der Waals surface area contributed by atoms with Crippen molar-refractivity contribution in [2.45, 2.75) is 6.54 Å². The van der Waals surface area contributed by atoms with Crippen LogP contribution < -0.4 is 10.7 Å². The summed E-state index contributed by atoms with van der Waals surface area (Å²) >= 11 is 12.2. The molecule has 1 amide bonds. The van der Waals surface area contributed by atoms with Gasteiger partial charge in [-0.1, -0.05) is 47.5 Å². The van der Waals surface area contributed by atoms with E-state index >= 15 is 0 Å². The third kappa shape index (κ3) is 5.28. The van der Waals surface area contributed by atoms with Gasteiger partial charge in [0.15, 0.2) is 0 Å². The van der Waals surface area contributed by atoms with Gasteiger partial charge in [0.2, 0.25) is 0 Å². The Kier molecular flexibility index (Phi) is 6.73. The molecule has 0 radical (unpaired) electrons. The quantitative estimate of drug-likeness (QED) is 0.270. The topological polar surface area (TPSA) is 58.4 Å². The highest BCUT2D eigenvalue weighted by atomic mass is 35.5. The molecule has 5 nitrogen and oxygen atoms in total. The molecule has 0 spiro atoms. The van der Waals surface area contributed by atoms with Crippen molar-refractivity contribution < 1.29 is 9.18 Å². The second-order valence-corrected chi connectivity index (χ2v) is 7.95. The lowest BCUT2D eigenvalue weighted by Crippen LogP contribution is -2.25. The maximum Gasteiger partial charge on any atom is 0.259 e. The largest absolute Gasteiger partial charge is 0.376 e. The Hall–Kier alpha value is -3.35. The van der Waals surface area contributed by atoms with Gasteiger partial charge in [0.1, 0.15) is 5.82 Å². The lowest BCUT2D eigenvalue weighted by Gasteiger charge is -2.06. The first-order valence-corrected chi connectivity index (χ1v) is 10.6. The molecule has 1 heterocycles. The molecule has 4 aromatic rings. The molecule has 0 saturated heterocycles. The van der Waals surface area contributed by atoms with Crippen molar-refractivity contribution in [3.8, 4) is 0 Å². The first-order valence-electron chi connectivity index (χ1n) is 9.83. The molecule has 0 aliphatic heterocycles. The van der Waals surface area contributed by atoms with Gasteiger partial charge in [0, 0.05) is 34.9 Å². The number of carbonyl (C=O) groups is 1. The predicted octanol–water partition coefficient (Wildman–Crippen LogP) is 5.70. The molecular formula is C24H19Cl2FN4O. The molecule has 0 aliphatic rings. The molecule has 0 atom stereocenters. The maximum absolute atomic E-state index is 12.9. The van der Waals surface area contributed by atoms with Crippen molar-refractivity contribution in [3.05, 3.63) is 99.9 Å². The van der Waals surface area contributed by atoms with Crippen LogP contribution in [0.5, 0.6) is 0 Å². The average Bonchev–Trinajstić information content (AvgIpc) is 3.13. The van der Waals surface area contributed by atoms with Crippen LogP contribution in [0, 0.1) is 5.82 Å². The van der Waals surface area contributed by atoms with Gasteiger partial charge in [-0.05, 0) is 48.0 Å². The molecule has 8 heteroatoms. The SMILES string of the molecule is O=C(CNc1ccc(F)cc1)N/N=C\c1cn(Cc2ccc(Cl)c(Cl)c2)c2ccccc12. The van der Waals surface area contributed by atoms with E-state index in [0.717, 1.165) is 22.0 Å². The zero-order valence-electron chi connectivity index (χ0n) is 16.9. The van der Waals surface area contributed by atoms with E-state index in [1.165, 1.54) is 12.1 Å². The van der Waals surface area contributed by atoms with Gasteiger partial charge < -0.3 is 9.88 Å². The molecule has 1 aromatic heterocycles. The number of hydrogen-bond acceptors (Lipinski definition) is 3. The number of carbonyl (C=O) groups excluding carboxylic acids is 1. The summed E-state index contributed by atoms with van der Waals surface area (Å²) in [6, 6.07) is 19.3. The fourth-order valence-corrected chi connectivity index (χ4v) is 3.63. The maximum atomic E-state index is 12.9. The van der Waals surface area contributed by atoms with Crippen molar-refractivity contribution in [1.29, 1.82) is 0 Å². The molecule has 4 rings (SSSR count). The monoisotopic (exact) mass is 468 g/mol. The van der Waals surface area contributed by atoms with Crippen LogP contribution in [0.3, 0.4) is 0 Å². The lowest BCUT2D eigenvalue weighted by atomic mass is 10.2. The van der Waals surface area contributed by atoms with E-state index in [1.54, 1.807) is 24.4 Å². The van der Waals surface area contributed by atoms with Gasteiger partial charge in [-0.25, -0.2) is 9.82 Å². The number of halogens is 3. The number of para-hydroxylation sites is 1. The number of nitrogens with zero attached hydrogens (tertiary/aromatic N) is 2. The summed E-state index contributed by atoms with van der Waals surface area (Å²) in [5.74, 6) is -0.645. The zero-order valence-corrected chi connectivity index (χ0v) is 18.4. The zero-order chi connectivity index (χ0) is 22.5. The summed E-state index contributed by atoms with van der Waals surface area (Å²) < 4.78 is 15.0. The van der Waals surface area contributed by atoms with Gasteiger partial charge in [0.05, 0.1) is 22.8 Å². The Morgan fingerprint density at radius 1 is 1.03 bits per heavy atom. The van der Waals surface area contributed by atoms with Crippen molar-refractivity contribution in [2.75, 3.05) is 11.9 Å². The van der Waals surface area contributed by atoms with Gasteiger partial charge >= 0.3 is 0 Å². The van der Waals surface area contributed by atoms with Crippen LogP contribution in [0.25, 0.3) is 10.9 Å². The first kappa shape index (κ1) is 21.9. The van der Waals surface area contributed by atoms with Gasteiger partial charge in [-0.2, -0.15) is 5.10 Å². The highest BCUT2D eigenvalue weighted by molar-refractivity contribution is 6.42. The Morgan fingerprint density at radius 2 is 1.81 bits per heavy atom. The minimum absolute atomic E-state index is 0.0159. The van der Waals surface area contributed by atoms with Crippen LogP contribution in [0.2, 0.25) is 10.0 Å². The molecule has 0 aliphatic carbocycles. The van der Waals surface area contributed by atoms with Crippen LogP contribution >= 0.6 is 23.2 Å². The molecule has 0 fully saturated rings. The van der Waals surface area contributed by atoms with Crippen molar-refractivity contribution >= 4 is 51.9 Å². The van der Waals surface area contributed by atoms with Crippen molar-refractivity contribution in [3.63, 3.8) is 0 Å². The number of rotatable bonds is 7. The molecule has 0 saturated carbocycles. The Labute approximate surface area is 194 Å². The molecule has 32 heavy (non-hydrogen) atoms. The minimum atomic E-state index is -0.331. The summed E-state index contributed by atoms with van der Waals surface area (Å²) in [5, 5.41) is 9.04. The van der Waals surface area contributed by atoms with E-state index in [2.05, 4.69) is 20.4 Å².